The number of hydrogen-bond donors (Lipinski definition) is 5. The molecular formula is C32H45N5O7. The third kappa shape index (κ3) is 4.82. The fraction of sp³-hybridized carbons (Fsp3) is 0.656. The number of hydrogen-bond acceptors (Lipinski definition) is 11. The Bertz CT molecular complexity index is 1450. The fourth-order valence-corrected chi connectivity index (χ4v) is 8.81. The van der Waals surface area contributed by atoms with Gasteiger partial charge in [0.05, 0.1) is 23.2 Å². The summed E-state index contributed by atoms with van der Waals surface area (Å²) >= 11 is 0. The highest BCUT2D eigenvalue weighted by atomic mass is 16.3. The summed E-state index contributed by atoms with van der Waals surface area (Å²) in [7, 11) is 6.80. The fourth-order valence-electron chi connectivity index (χ4n) is 8.81. The van der Waals surface area contributed by atoms with E-state index in [4.69, 9.17) is 5.73 Å². The second-order valence-electron chi connectivity index (χ2n) is 15.0. The van der Waals surface area contributed by atoms with Gasteiger partial charge >= 0.3 is 0 Å². The van der Waals surface area contributed by atoms with E-state index in [2.05, 4.69) is 38.3 Å². The number of Topliss-reactive ketones (excluding diaryl/α,β-unsaturated/α-hetero) is 4. The number of ketones is 4. The van der Waals surface area contributed by atoms with Crippen molar-refractivity contribution >= 4 is 40.4 Å². The zero-order chi connectivity index (χ0) is 32.8. The maximum absolute atomic E-state index is 14.3. The number of likely N-dealkylation sites (N-methyl/N-ethyl adjacent to an activating group) is 1. The molecule has 0 radical (unpaired) electrons. The van der Waals surface area contributed by atoms with Crippen molar-refractivity contribution in [3.05, 3.63) is 17.2 Å². The minimum absolute atomic E-state index is 0.0107. The highest BCUT2D eigenvalue weighted by molar-refractivity contribution is 6.32. The van der Waals surface area contributed by atoms with Crippen LogP contribution in [0.3, 0.4) is 0 Å². The van der Waals surface area contributed by atoms with E-state index in [9.17, 15) is 34.2 Å². The Morgan fingerprint density at radius 1 is 1.02 bits per heavy atom. The van der Waals surface area contributed by atoms with Crippen LogP contribution in [-0.4, -0.2) is 101 Å². The number of anilines is 2. The van der Waals surface area contributed by atoms with Crippen molar-refractivity contribution in [1.82, 2.24) is 10.2 Å². The summed E-state index contributed by atoms with van der Waals surface area (Å²) < 4.78 is 0. The van der Waals surface area contributed by atoms with Crippen LogP contribution in [0.5, 0.6) is 5.75 Å². The van der Waals surface area contributed by atoms with Crippen molar-refractivity contribution in [2.24, 2.45) is 29.4 Å². The zero-order valence-electron chi connectivity index (χ0n) is 26.8. The molecule has 1 aliphatic heterocycles. The predicted octanol–water partition coefficient (Wildman–Crippen LogP) is 0.654. The van der Waals surface area contributed by atoms with Gasteiger partial charge in [-0.2, -0.15) is 0 Å². The first-order valence-electron chi connectivity index (χ1n) is 15.2. The van der Waals surface area contributed by atoms with Crippen molar-refractivity contribution in [1.29, 1.82) is 0 Å². The summed E-state index contributed by atoms with van der Waals surface area (Å²) in [4.78, 5) is 70.9. The molecule has 6 atom stereocenters. The number of aliphatic hydroxyl groups is 1. The molecule has 4 aliphatic rings. The van der Waals surface area contributed by atoms with Gasteiger partial charge in [-0.05, 0) is 85.0 Å². The van der Waals surface area contributed by atoms with Crippen molar-refractivity contribution in [3.8, 4) is 5.75 Å². The normalized spacial score (nSPS) is 33.0. The lowest BCUT2D eigenvalue weighted by molar-refractivity contribution is -0.181. The van der Waals surface area contributed by atoms with Crippen LogP contribution in [0.15, 0.2) is 6.07 Å². The number of rotatable bonds is 5. The molecule has 0 aromatic heterocycles. The Morgan fingerprint density at radius 2 is 1.61 bits per heavy atom. The molecule has 44 heavy (non-hydrogen) atoms. The summed E-state index contributed by atoms with van der Waals surface area (Å²) in [6.07, 6.45) is 1.73. The molecule has 1 aromatic rings. The van der Waals surface area contributed by atoms with Gasteiger partial charge in [-0.1, -0.05) is 0 Å². The van der Waals surface area contributed by atoms with Gasteiger partial charge in [-0.3, -0.25) is 28.9 Å². The molecule has 1 heterocycles. The number of piperidine rings is 1. The number of phenolic OH excluding ortho intramolecular Hbond substituents is 1. The van der Waals surface area contributed by atoms with Gasteiger partial charge in [-0.15, -0.1) is 0 Å². The van der Waals surface area contributed by atoms with E-state index in [1.165, 1.54) is 4.90 Å². The Balaban J connectivity index is 1.60. The molecule has 240 valence electrons. The van der Waals surface area contributed by atoms with Crippen molar-refractivity contribution < 1.29 is 34.2 Å². The summed E-state index contributed by atoms with van der Waals surface area (Å²) in [5, 5.41) is 30.6. The van der Waals surface area contributed by atoms with Crippen LogP contribution in [0.2, 0.25) is 0 Å². The van der Waals surface area contributed by atoms with Gasteiger partial charge in [0.25, 0.3) is 0 Å². The molecule has 1 saturated heterocycles. The molecule has 12 nitrogen and oxygen atoms in total. The lowest BCUT2D eigenvalue weighted by Crippen LogP contribution is -2.74. The SMILES string of the molecule is CN(C)c1cc(NC2CC(C)(C)NC(C)(C)C2)c(O)c2c1C[C@H]1C[C@H]3[C@H](N(C)C)C(=O)C(C(N)=O)C(=O)[C@@]3(O)C(=O)C1C2=O. The van der Waals surface area contributed by atoms with Crippen molar-refractivity contribution in [3.63, 3.8) is 0 Å². The first kappa shape index (κ1) is 32.1. The standard InChI is InChI=1S/C32H45N5O7/c1-30(2)12-15(13-31(3,4)35-30)34-18-11-19(36(5)6)16-9-14-10-17-23(37(7)8)26(40)22(29(33)43)28(42)32(17,44)27(41)20(14)25(39)21(16)24(18)38/h11,14-15,17,20,22-23,34-35,38,44H,9-10,12-13H2,1-8H3,(H2,33,43)/t14-,17-,20?,22?,23-,32-/m0/s1. The number of nitrogens with two attached hydrogens (primary N) is 1. The summed E-state index contributed by atoms with van der Waals surface area (Å²) in [5.41, 5.74) is 3.91. The molecule has 3 fully saturated rings. The van der Waals surface area contributed by atoms with Crippen LogP contribution in [-0.2, 0) is 25.6 Å². The highest BCUT2D eigenvalue weighted by Crippen LogP contribution is 2.53. The first-order valence-corrected chi connectivity index (χ1v) is 15.2. The van der Waals surface area contributed by atoms with Crippen LogP contribution in [0.4, 0.5) is 11.4 Å². The van der Waals surface area contributed by atoms with E-state index in [0.717, 1.165) is 12.8 Å². The average molecular weight is 612 g/mol. The Hall–Kier alpha value is -3.35. The van der Waals surface area contributed by atoms with Crippen LogP contribution in [0.1, 0.15) is 62.9 Å². The quantitative estimate of drug-likeness (QED) is 0.233. The minimum Gasteiger partial charge on any atom is -0.505 e. The molecule has 12 heteroatoms. The minimum atomic E-state index is -2.75. The number of phenols is 1. The molecule has 0 spiro atoms. The number of nitrogens with zero attached hydrogens (tertiary/aromatic N) is 2. The maximum Gasteiger partial charge on any atom is 0.235 e. The summed E-state index contributed by atoms with van der Waals surface area (Å²) in [5.74, 6) is -10.5. The second kappa shape index (κ2) is 10.3. The number of amides is 1. The number of aromatic hydroxyl groups is 1. The first-order chi connectivity index (χ1) is 20.2. The molecule has 2 saturated carbocycles. The molecule has 3 aliphatic carbocycles. The summed E-state index contributed by atoms with van der Waals surface area (Å²) in [6.45, 7) is 8.45. The number of fused-ring (bicyclic) bond motifs is 3. The van der Waals surface area contributed by atoms with E-state index in [1.807, 2.05) is 25.1 Å². The number of nitrogens with one attached hydrogen (secondary N) is 2. The number of carbonyl (C=O) groups excluding carboxylic acids is 5. The molecule has 1 amide bonds. The molecular weight excluding hydrogens is 566 g/mol. The predicted molar refractivity (Wildman–Crippen MR) is 164 cm³/mol. The van der Waals surface area contributed by atoms with Gasteiger partial charge < -0.3 is 31.5 Å². The molecule has 2 unspecified atom stereocenters. The highest BCUT2D eigenvalue weighted by Gasteiger charge is 2.69. The average Bonchev–Trinajstić information content (AvgIpc) is 2.85. The van der Waals surface area contributed by atoms with Crippen LogP contribution in [0.25, 0.3) is 0 Å². The van der Waals surface area contributed by atoms with E-state index < -0.39 is 64.4 Å². The molecule has 1 aromatic carbocycles. The van der Waals surface area contributed by atoms with Gasteiger partial charge in [0.1, 0.15) is 5.75 Å². The Kier molecular flexibility index (Phi) is 7.54. The third-order valence-corrected chi connectivity index (χ3v) is 10.1. The molecule has 5 rings (SSSR count). The number of benzene rings is 1. The van der Waals surface area contributed by atoms with Gasteiger partial charge in [-0.25, -0.2) is 0 Å². The lowest BCUT2D eigenvalue weighted by atomic mass is 9.52. The number of carbonyl (C=O) groups is 5. The van der Waals surface area contributed by atoms with Gasteiger partial charge in [0, 0.05) is 42.8 Å². The van der Waals surface area contributed by atoms with E-state index in [0.29, 0.717) is 16.9 Å². The van der Waals surface area contributed by atoms with Gasteiger partial charge in [0.2, 0.25) is 5.91 Å². The number of primary amides is 1. The second-order valence-corrected chi connectivity index (χ2v) is 15.0. The summed E-state index contributed by atoms with van der Waals surface area (Å²) in [6, 6.07) is 0.650. The van der Waals surface area contributed by atoms with Crippen LogP contribution in [0, 0.1) is 23.7 Å². The lowest BCUT2D eigenvalue weighted by Gasteiger charge is -2.52. The van der Waals surface area contributed by atoms with Crippen molar-refractivity contribution in [2.75, 3.05) is 38.4 Å². The molecule has 6 N–H and O–H groups in total. The topological polar surface area (TPSA) is 182 Å². The third-order valence-electron chi connectivity index (χ3n) is 10.1. The van der Waals surface area contributed by atoms with Crippen molar-refractivity contribution in [2.45, 2.75) is 82.1 Å². The van der Waals surface area contributed by atoms with E-state index in [-0.39, 0.29) is 41.3 Å². The van der Waals surface area contributed by atoms with Gasteiger partial charge in [0.15, 0.2) is 34.7 Å². The Morgan fingerprint density at radius 3 is 2.14 bits per heavy atom. The monoisotopic (exact) mass is 611 g/mol. The Labute approximate surface area is 257 Å². The maximum atomic E-state index is 14.3. The van der Waals surface area contributed by atoms with Crippen LogP contribution >= 0.6 is 0 Å². The largest absolute Gasteiger partial charge is 0.505 e. The van der Waals surface area contributed by atoms with E-state index in [1.54, 1.807) is 14.1 Å². The smallest absolute Gasteiger partial charge is 0.235 e. The van der Waals surface area contributed by atoms with E-state index >= 15 is 0 Å². The zero-order valence-corrected chi connectivity index (χ0v) is 26.8. The van der Waals surface area contributed by atoms with Crippen LogP contribution < -0.4 is 21.3 Å². The molecule has 0 bridgehead atoms.